The molecule has 7 heteroatoms. The average Bonchev–Trinajstić information content (AvgIpc) is 3.28. The number of para-hydroxylation sites is 2. The van der Waals surface area contributed by atoms with Crippen LogP contribution in [0.5, 0.6) is 0 Å². The molecular weight excluding hydrogens is 383 g/mol. The number of imidazole rings is 1. The SMILES string of the molecule is O=C(NCc1nc2ccccc2[nH]1)C1CCN(Cc2ccc(Cl)cc2Cl)C1. The van der Waals surface area contributed by atoms with Gasteiger partial charge in [0.2, 0.25) is 5.91 Å². The molecular formula is C20H20Cl2N4O. The van der Waals surface area contributed by atoms with Crippen LogP contribution < -0.4 is 5.32 Å². The number of amides is 1. The molecule has 1 fully saturated rings. The van der Waals surface area contributed by atoms with E-state index in [1.807, 2.05) is 36.4 Å². The maximum absolute atomic E-state index is 12.5. The van der Waals surface area contributed by atoms with Gasteiger partial charge in [0.05, 0.1) is 23.5 Å². The Kier molecular flexibility index (Phi) is 5.34. The molecule has 0 saturated carbocycles. The lowest BCUT2D eigenvalue weighted by molar-refractivity contribution is -0.124. The monoisotopic (exact) mass is 402 g/mol. The van der Waals surface area contributed by atoms with Gasteiger partial charge in [-0.25, -0.2) is 4.98 Å². The maximum atomic E-state index is 12.5. The summed E-state index contributed by atoms with van der Waals surface area (Å²) < 4.78 is 0. The molecule has 1 aliphatic heterocycles. The molecule has 0 radical (unpaired) electrons. The number of hydrogen-bond acceptors (Lipinski definition) is 3. The van der Waals surface area contributed by atoms with E-state index in [4.69, 9.17) is 23.2 Å². The molecule has 27 heavy (non-hydrogen) atoms. The second-order valence-corrected chi connectivity index (χ2v) is 7.72. The fourth-order valence-electron chi connectivity index (χ4n) is 3.49. The summed E-state index contributed by atoms with van der Waals surface area (Å²) in [5.41, 5.74) is 2.92. The van der Waals surface area contributed by atoms with Crippen LogP contribution >= 0.6 is 23.2 Å². The number of nitrogens with one attached hydrogen (secondary N) is 2. The second kappa shape index (κ2) is 7.89. The lowest BCUT2D eigenvalue weighted by atomic mass is 10.1. The average molecular weight is 403 g/mol. The lowest BCUT2D eigenvalue weighted by Crippen LogP contribution is -2.32. The highest BCUT2D eigenvalue weighted by Crippen LogP contribution is 2.25. The highest BCUT2D eigenvalue weighted by Gasteiger charge is 2.28. The van der Waals surface area contributed by atoms with E-state index in [0.717, 1.165) is 48.5 Å². The number of fused-ring (bicyclic) bond motifs is 1. The van der Waals surface area contributed by atoms with Crippen molar-refractivity contribution >= 4 is 40.1 Å². The van der Waals surface area contributed by atoms with Crippen molar-refractivity contribution < 1.29 is 4.79 Å². The van der Waals surface area contributed by atoms with Crippen molar-refractivity contribution in [2.75, 3.05) is 13.1 Å². The van der Waals surface area contributed by atoms with Crippen molar-refractivity contribution in [2.24, 2.45) is 5.92 Å². The van der Waals surface area contributed by atoms with Crippen molar-refractivity contribution in [1.29, 1.82) is 0 Å². The molecule has 2 aromatic carbocycles. The van der Waals surface area contributed by atoms with E-state index in [1.165, 1.54) is 0 Å². The zero-order valence-corrected chi connectivity index (χ0v) is 16.2. The smallest absolute Gasteiger partial charge is 0.224 e. The first-order valence-electron chi connectivity index (χ1n) is 8.96. The molecule has 3 aromatic rings. The predicted molar refractivity (Wildman–Crippen MR) is 108 cm³/mol. The number of carbonyl (C=O) groups is 1. The standard InChI is InChI=1S/C20H20Cl2N4O/c21-15-6-5-13(16(22)9-15)11-26-8-7-14(12-26)20(27)23-10-19-24-17-3-1-2-4-18(17)25-19/h1-6,9,14H,7-8,10-12H2,(H,23,27)(H,24,25). The van der Waals surface area contributed by atoms with Crippen molar-refractivity contribution in [1.82, 2.24) is 20.2 Å². The predicted octanol–water partition coefficient (Wildman–Crippen LogP) is 4.01. The highest BCUT2D eigenvalue weighted by molar-refractivity contribution is 6.35. The summed E-state index contributed by atoms with van der Waals surface area (Å²) >= 11 is 12.2. The Morgan fingerprint density at radius 1 is 1.26 bits per heavy atom. The van der Waals surface area contributed by atoms with Crippen LogP contribution in [0, 0.1) is 5.92 Å². The van der Waals surface area contributed by atoms with Gasteiger partial charge < -0.3 is 10.3 Å². The van der Waals surface area contributed by atoms with Crippen molar-refractivity contribution in [3.63, 3.8) is 0 Å². The van der Waals surface area contributed by atoms with E-state index < -0.39 is 0 Å². The number of likely N-dealkylation sites (tertiary alicyclic amines) is 1. The van der Waals surface area contributed by atoms with E-state index in [-0.39, 0.29) is 11.8 Å². The number of aromatic amines is 1. The number of hydrogen-bond donors (Lipinski definition) is 2. The van der Waals surface area contributed by atoms with E-state index in [0.29, 0.717) is 16.6 Å². The third-order valence-electron chi connectivity index (χ3n) is 4.92. The van der Waals surface area contributed by atoms with Gasteiger partial charge in [0.1, 0.15) is 5.82 Å². The van der Waals surface area contributed by atoms with Gasteiger partial charge in [0.15, 0.2) is 0 Å². The third-order valence-corrected chi connectivity index (χ3v) is 5.51. The molecule has 1 aromatic heterocycles. The van der Waals surface area contributed by atoms with Gasteiger partial charge in [-0.15, -0.1) is 0 Å². The normalized spacial score (nSPS) is 17.5. The molecule has 0 bridgehead atoms. The zero-order valence-electron chi connectivity index (χ0n) is 14.7. The minimum atomic E-state index is -0.0135. The Hall–Kier alpha value is -2.08. The van der Waals surface area contributed by atoms with Crippen molar-refractivity contribution in [2.45, 2.75) is 19.5 Å². The number of carbonyl (C=O) groups excluding carboxylic acids is 1. The quantitative estimate of drug-likeness (QED) is 0.677. The van der Waals surface area contributed by atoms with Gasteiger partial charge in [-0.05, 0) is 42.8 Å². The number of benzene rings is 2. The third kappa shape index (κ3) is 4.26. The molecule has 1 amide bonds. The van der Waals surface area contributed by atoms with Gasteiger partial charge in [0.25, 0.3) is 0 Å². The Labute approximate surface area is 167 Å². The van der Waals surface area contributed by atoms with Crippen molar-refractivity contribution in [3.8, 4) is 0 Å². The second-order valence-electron chi connectivity index (χ2n) is 6.87. The van der Waals surface area contributed by atoms with Crippen molar-refractivity contribution in [3.05, 3.63) is 63.9 Å². The van der Waals surface area contributed by atoms with Crippen LogP contribution in [-0.2, 0) is 17.9 Å². The summed E-state index contributed by atoms with van der Waals surface area (Å²) in [5.74, 6) is 0.827. The fourth-order valence-corrected chi connectivity index (χ4v) is 3.95. The molecule has 0 spiro atoms. The van der Waals surface area contributed by atoms with Gasteiger partial charge >= 0.3 is 0 Å². The summed E-state index contributed by atoms with van der Waals surface area (Å²) in [4.78, 5) is 22.5. The van der Waals surface area contributed by atoms with Crippen LogP contribution in [0.15, 0.2) is 42.5 Å². The summed E-state index contributed by atoms with van der Waals surface area (Å²) in [6, 6.07) is 13.4. The molecule has 0 aliphatic carbocycles. The topological polar surface area (TPSA) is 61.0 Å². The molecule has 5 nitrogen and oxygen atoms in total. The van der Waals surface area contributed by atoms with Crippen LogP contribution in [0.3, 0.4) is 0 Å². The number of halogens is 2. The summed E-state index contributed by atoms with van der Waals surface area (Å²) in [6.07, 6.45) is 0.844. The van der Waals surface area contributed by atoms with Crippen LogP contribution in [0.1, 0.15) is 17.8 Å². The van der Waals surface area contributed by atoms with Crippen LogP contribution in [0.25, 0.3) is 11.0 Å². The van der Waals surface area contributed by atoms with Crippen LogP contribution in [0.2, 0.25) is 10.0 Å². The molecule has 1 saturated heterocycles. The summed E-state index contributed by atoms with van der Waals surface area (Å²) in [7, 11) is 0. The Bertz CT molecular complexity index is 939. The molecule has 140 valence electrons. The highest BCUT2D eigenvalue weighted by atomic mass is 35.5. The van der Waals surface area contributed by atoms with Crippen LogP contribution in [0.4, 0.5) is 0 Å². The lowest BCUT2D eigenvalue weighted by Gasteiger charge is -2.17. The van der Waals surface area contributed by atoms with E-state index in [1.54, 1.807) is 6.07 Å². The minimum Gasteiger partial charge on any atom is -0.349 e. The number of H-pyrrole nitrogens is 1. The Morgan fingerprint density at radius 2 is 2.11 bits per heavy atom. The summed E-state index contributed by atoms with van der Waals surface area (Å²) in [5, 5.41) is 4.30. The maximum Gasteiger partial charge on any atom is 0.224 e. The molecule has 1 atom stereocenters. The van der Waals surface area contributed by atoms with Gasteiger partial charge in [0, 0.05) is 23.1 Å². The first-order valence-corrected chi connectivity index (χ1v) is 9.72. The van der Waals surface area contributed by atoms with E-state index >= 15 is 0 Å². The fraction of sp³-hybridized carbons (Fsp3) is 0.300. The van der Waals surface area contributed by atoms with E-state index in [2.05, 4.69) is 20.2 Å². The first kappa shape index (κ1) is 18.3. The number of nitrogens with zero attached hydrogens (tertiary/aromatic N) is 2. The summed E-state index contributed by atoms with van der Waals surface area (Å²) in [6.45, 7) is 2.74. The van der Waals surface area contributed by atoms with E-state index in [9.17, 15) is 4.79 Å². The molecule has 4 rings (SSSR count). The number of aromatic nitrogens is 2. The minimum absolute atomic E-state index is 0.0135. The molecule has 1 aliphatic rings. The van der Waals surface area contributed by atoms with Gasteiger partial charge in [-0.2, -0.15) is 0 Å². The van der Waals surface area contributed by atoms with Crippen LogP contribution in [-0.4, -0.2) is 33.9 Å². The molecule has 2 N–H and O–H groups in total. The largest absolute Gasteiger partial charge is 0.349 e. The Morgan fingerprint density at radius 3 is 2.93 bits per heavy atom. The van der Waals surface area contributed by atoms with Gasteiger partial charge in [-0.1, -0.05) is 41.4 Å². The molecule has 2 heterocycles. The first-order chi connectivity index (χ1) is 13.1. The Balaban J connectivity index is 1.31. The number of rotatable bonds is 5. The van der Waals surface area contributed by atoms with Gasteiger partial charge in [-0.3, -0.25) is 9.69 Å². The molecule has 1 unspecified atom stereocenters. The zero-order chi connectivity index (χ0) is 18.8.